The Labute approximate surface area is 107 Å². The van der Waals surface area contributed by atoms with Crippen LogP contribution in [0.2, 0.25) is 0 Å². The first-order valence-electron chi connectivity index (χ1n) is 6.55. The largest absolute Gasteiger partial charge is 0.336 e. The molecule has 1 aromatic carbocycles. The number of fused-ring (bicyclic) bond motifs is 2. The molecule has 2 saturated heterocycles. The average molecular weight is 245 g/mol. The molecule has 4 heteroatoms. The van der Waals surface area contributed by atoms with Gasteiger partial charge >= 0.3 is 0 Å². The van der Waals surface area contributed by atoms with Crippen LogP contribution in [-0.4, -0.2) is 47.4 Å². The number of likely N-dealkylation sites (tertiary alicyclic amines) is 2. The monoisotopic (exact) mass is 245 g/mol. The molecule has 1 amide bonds. The summed E-state index contributed by atoms with van der Waals surface area (Å²) < 4.78 is 0. The van der Waals surface area contributed by atoms with Gasteiger partial charge in [-0.2, -0.15) is 0 Å². The van der Waals surface area contributed by atoms with E-state index in [-0.39, 0.29) is 12.5 Å². The third-order valence-corrected chi connectivity index (χ3v) is 4.08. The highest BCUT2D eigenvalue weighted by Gasteiger charge is 2.44. The van der Waals surface area contributed by atoms with Crippen LogP contribution < -0.4 is 5.73 Å². The zero-order chi connectivity index (χ0) is 12.5. The van der Waals surface area contributed by atoms with Crippen LogP contribution in [0.1, 0.15) is 12.0 Å². The summed E-state index contributed by atoms with van der Waals surface area (Å²) in [5, 5.41) is 0. The number of nitrogens with two attached hydrogens (primary N) is 1. The SMILES string of the molecule is NCC(=O)N1CC2CC1CN2Cc1ccccc1. The van der Waals surface area contributed by atoms with Gasteiger partial charge in [0.25, 0.3) is 0 Å². The molecule has 18 heavy (non-hydrogen) atoms. The van der Waals surface area contributed by atoms with Crippen LogP contribution in [0.5, 0.6) is 0 Å². The van der Waals surface area contributed by atoms with E-state index < -0.39 is 0 Å². The fourth-order valence-electron chi connectivity index (χ4n) is 3.18. The van der Waals surface area contributed by atoms with Crippen molar-refractivity contribution in [1.29, 1.82) is 0 Å². The van der Waals surface area contributed by atoms with Crippen molar-refractivity contribution < 1.29 is 4.79 Å². The molecule has 2 heterocycles. The Bertz CT molecular complexity index is 434. The van der Waals surface area contributed by atoms with Crippen molar-refractivity contribution in [3.05, 3.63) is 35.9 Å². The number of amides is 1. The minimum absolute atomic E-state index is 0.0989. The number of benzene rings is 1. The van der Waals surface area contributed by atoms with Gasteiger partial charge in [0.1, 0.15) is 0 Å². The van der Waals surface area contributed by atoms with E-state index in [9.17, 15) is 4.79 Å². The van der Waals surface area contributed by atoms with Gasteiger partial charge in [-0.25, -0.2) is 0 Å². The third kappa shape index (κ3) is 2.02. The van der Waals surface area contributed by atoms with E-state index in [2.05, 4.69) is 29.2 Å². The van der Waals surface area contributed by atoms with E-state index in [0.29, 0.717) is 12.1 Å². The number of carbonyl (C=O) groups excluding carboxylic acids is 1. The van der Waals surface area contributed by atoms with Crippen LogP contribution in [0, 0.1) is 0 Å². The van der Waals surface area contributed by atoms with Crippen LogP contribution in [-0.2, 0) is 11.3 Å². The second-order valence-corrected chi connectivity index (χ2v) is 5.21. The van der Waals surface area contributed by atoms with E-state index >= 15 is 0 Å². The average Bonchev–Trinajstić information content (AvgIpc) is 2.98. The second-order valence-electron chi connectivity index (χ2n) is 5.21. The second kappa shape index (κ2) is 4.71. The van der Waals surface area contributed by atoms with Crippen molar-refractivity contribution in [2.75, 3.05) is 19.6 Å². The Balaban J connectivity index is 1.62. The fourth-order valence-corrected chi connectivity index (χ4v) is 3.18. The summed E-state index contributed by atoms with van der Waals surface area (Å²) in [6.07, 6.45) is 1.11. The zero-order valence-corrected chi connectivity index (χ0v) is 10.5. The van der Waals surface area contributed by atoms with Crippen LogP contribution in [0.4, 0.5) is 0 Å². The van der Waals surface area contributed by atoms with E-state index in [1.165, 1.54) is 5.56 Å². The summed E-state index contributed by atoms with van der Waals surface area (Å²) in [5.74, 6) is 0.0989. The van der Waals surface area contributed by atoms with Gasteiger partial charge in [-0.05, 0) is 12.0 Å². The maximum atomic E-state index is 11.7. The number of nitrogens with zero attached hydrogens (tertiary/aromatic N) is 2. The summed E-state index contributed by atoms with van der Waals surface area (Å²) in [6.45, 7) is 2.98. The summed E-state index contributed by atoms with van der Waals surface area (Å²) in [6, 6.07) is 11.4. The summed E-state index contributed by atoms with van der Waals surface area (Å²) in [5.41, 5.74) is 6.79. The van der Waals surface area contributed by atoms with Crippen molar-refractivity contribution >= 4 is 5.91 Å². The van der Waals surface area contributed by atoms with Gasteiger partial charge in [-0.1, -0.05) is 30.3 Å². The van der Waals surface area contributed by atoms with Crippen LogP contribution in [0.3, 0.4) is 0 Å². The van der Waals surface area contributed by atoms with Gasteiger partial charge in [0.15, 0.2) is 0 Å². The van der Waals surface area contributed by atoms with Crippen LogP contribution in [0.15, 0.2) is 30.3 Å². The quantitative estimate of drug-likeness (QED) is 0.840. The summed E-state index contributed by atoms with van der Waals surface area (Å²) >= 11 is 0. The van der Waals surface area contributed by atoms with E-state index in [1.807, 2.05) is 11.0 Å². The molecule has 2 aliphatic heterocycles. The highest BCUT2D eigenvalue weighted by atomic mass is 16.2. The maximum absolute atomic E-state index is 11.7. The lowest BCUT2D eigenvalue weighted by Gasteiger charge is -2.34. The fraction of sp³-hybridized carbons (Fsp3) is 0.500. The number of carbonyl (C=O) groups is 1. The number of hydrogen-bond acceptors (Lipinski definition) is 3. The van der Waals surface area contributed by atoms with Crippen molar-refractivity contribution in [3.63, 3.8) is 0 Å². The predicted molar refractivity (Wildman–Crippen MR) is 69.8 cm³/mol. The number of piperazine rings is 1. The molecule has 0 spiro atoms. The van der Waals surface area contributed by atoms with Crippen LogP contribution in [0.25, 0.3) is 0 Å². The lowest BCUT2D eigenvalue weighted by molar-refractivity contribution is -0.132. The predicted octanol–water partition coefficient (Wildman–Crippen LogP) is 0.430. The molecule has 2 aliphatic rings. The minimum atomic E-state index is 0.0989. The molecule has 3 rings (SSSR count). The van der Waals surface area contributed by atoms with Gasteiger partial charge < -0.3 is 10.6 Å². The number of rotatable bonds is 3. The Kier molecular flexibility index (Phi) is 3.06. The van der Waals surface area contributed by atoms with Gasteiger partial charge in [-0.15, -0.1) is 0 Å². The van der Waals surface area contributed by atoms with Gasteiger partial charge in [0.05, 0.1) is 6.54 Å². The Hall–Kier alpha value is -1.39. The van der Waals surface area contributed by atoms with Crippen molar-refractivity contribution in [1.82, 2.24) is 9.80 Å². The standard InChI is InChI=1S/C14H19N3O/c15-7-14(18)17-10-12-6-13(17)9-16(12)8-11-4-2-1-3-5-11/h1-5,12-13H,6-10,15H2. The molecule has 1 aromatic rings. The molecule has 96 valence electrons. The minimum Gasteiger partial charge on any atom is -0.336 e. The van der Waals surface area contributed by atoms with E-state index in [4.69, 9.17) is 5.73 Å². The van der Waals surface area contributed by atoms with Crippen molar-refractivity contribution in [2.45, 2.75) is 25.0 Å². The molecule has 0 aromatic heterocycles. The maximum Gasteiger partial charge on any atom is 0.236 e. The molecule has 0 radical (unpaired) electrons. The lowest BCUT2D eigenvalue weighted by Crippen LogP contribution is -2.49. The molecule has 2 unspecified atom stereocenters. The first-order valence-corrected chi connectivity index (χ1v) is 6.55. The van der Waals surface area contributed by atoms with Gasteiger partial charge in [0.2, 0.25) is 5.91 Å². The molecule has 2 bridgehead atoms. The van der Waals surface area contributed by atoms with Gasteiger partial charge in [-0.3, -0.25) is 9.69 Å². The van der Waals surface area contributed by atoms with E-state index in [0.717, 1.165) is 26.1 Å². The molecular weight excluding hydrogens is 226 g/mol. The molecule has 0 aliphatic carbocycles. The molecule has 2 N–H and O–H groups in total. The Morgan fingerprint density at radius 3 is 2.61 bits per heavy atom. The Morgan fingerprint density at radius 2 is 2.00 bits per heavy atom. The first-order chi connectivity index (χ1) is 8.78. The molecule has 2 fully saturated rings. The van der Waals surface area contributed by atoms with E-state index in [1.54, 1.807) is 0 Å². The smallest absolute Gasteiger partial charge is 0.236 e. The van der Waals surface area contributed by atoms with Crippen molar-refractivity contribution in [3.8, 4) is 0 Å². The Morgan fingerprint density at radius 1 is 1.22 bits per heavy atom. The van der Waals surface area contributed by atoms with Crippen molar-refractivity contribution in [2.24, 2.45) is 5.73 Å². The highest BCUT2D eigenvalue weighted by Crippen LogP contribution is 2.31. The molecule has 2 atom stereocenters. The number of hydrogen-bond donors (Lipinski definition) is 1. The normalized spacial score (nSPS) is 26.8. The summed E-state index contributed by atoms with van der Waals surface area (Å²) in [7, 11) is 0. The topological polar surface area (TPSA) is 49.6 Å². The molecular formula is C14H19N3O. The highest BCUT2D eigenvalue weighted by molar-refractivity contribution is 5.79. The van der Waals surface area contributed by atoms with Crippen LogP contribution >= 0.6 is 0 Å². The summed E-state index contributed by atoms with van der Waals surface area (Å²) in [4.78, 5) is 16.1. The lowest BCUT2D eigenvalue weighted by atomic mass is 10.2. The third-order valence-electron chi connectivity index (χ3n) is 4.08. The van der Waals surface area contributed by atoms with Gasteiger partial charge in [0, 0.05) is 31.7 Å². The zero-order valence-electron chi connectivity index (χ0n) is 10.5. The first kappa shape index (κ1) is 11.7. The molecule has 0 saturated carbocycles. The molecule has 4 nitrogen and oxygen atoms in total.